The minimum Gasteiger partial charge on any atom is -0.309 e. The molecule has 2 rings (SSSR count). The van der Waals surface area contributed by atoms with Crippen molar-refractivity contribution in [1.29, 1.82) is 5.26 Å². The van der Waals surface area contributed by atoms with Gasteiger partial charge in [0.2, 0.25) is 0 Å². The molecule has 0 aliphatic rings. The Labute approximate surface area is 127 Å². The summed E-state index contributed by atoms with van der Waals surface area (Å²) in [6.45, 7) is 2.58. The van der Waals surface area contributed by atoms with Crippen LogP contribution in [-0.4, -0.2) is 20.5 Å². The first kappa shape index (κ1) is 15.4. The zero-order valence-corrected chi connectivity index (χ0v) is 12.6. The molecule has 0 aliphatic heterocycles. The van der Waals surface area contributed by atoms with Crippen LogP contribution >= 0.6 is 11.8 Å². The summed E-state index contributed by atoms with van der Waals surface area (Å²) < 4.78 is 1.56. The smallest absolute Gasteiger partial charge is 0.309 e. The molecule has 1 aromatic heterocycles. The van der Waals surface area contributed by atoms with Crippen LogP contribution in [-0.2, 0) is 12.1 Å². The molecule has 0 fully saturated rings. The number of hydrogen-bond donors (Lipinski definition) is 2. The molecule has 6 nitrogen and oxygen atoms in total. The summed E-state index contributed by atoms with van der Waals surface area (Å²) in [7, 11) is 0. The molecule has 1 atom stereocenters. The van der Waals surface area contributed by atoms with E-state index in [2.05, 4.69) is 16.3 Å². The van der Waals surface area contributed by atoms with Crippen molar-refractivity contribution in [1.82, 2.24) is 14.8 Å². The zero-order chi connectivity index (χ0) is 15.3. The van der Waals surface area contributed by atoms with Crippen molar-refractivity contribution < 1.29 is 0 Å². The van der Waals surface area contributed by atoms with E-state index < -0.39 is 5.54 Å². The topological polar surface area (TPSA) is 100 Å². The van der Waals surface area contributed by atoms with E-state index >= 15 is 0 Å². The van der Waals surface area contributed by atoms with Gasteiger partial charge in [-0.3, -0.25) is 4.57 Å². The number of aromatic nitrogens is 3. The van der Waals surface area contributed by atoms with E-state index in [4.69, 9.17) is 5.73 Å². The van der Waals surface area contributed by atoms with E-state index in [0.717, 1.165) is 12.0 Å². The third kappa shape index (κ3) is 3.35. The zero-order valence-electron chi connectivity index (χ0n) is 11.7. The van der Waals surface area contributed by atoms with Crippen LogP contribution in [0.25, 0.3) is 0 Å². The number of nitrogens with one attached hydrogen (secondary N) is 1. The van der Waals surface area contributed by atoms with Gasteiger partial charge in [0.15, 0.2) is 5.16 Å². The Kier molecular flexibility index (Phi) is 4.83. The number of H-pyrrole nitrogens is 1. The number of benzene rings is 1. The molecule has 110 valence electrons. The Bertz CT molecular complexity index is 687. The van der Waals surface area contributed by atoms with Gasteiger partial charge in [-0.25, -0.2) is 9.89 Å². The highest BCUT2D eigenvalue weighted by molar-refractivity contribution is 7.99. The quantitative estimate of drug-likeness (QED) is 0.787. The number of nitrogens with two attached hydrogens (primary N) is 1. The van der Waals surface area contributed by atoms with E-state index in [1.54, 1.807) is 4.57 Å². The monoisotopic (exact) mass is 303 g/mol. The van der Waals surface area contributed by atoms with Crippen LogP contribution < -0.4 is 11.4 Å². The first-order valence-electron chi connectivity index (χ1n) is 6.64. The molecule has 0 saturated heterocycles. The fourth-order valence-electron chi connectivity index (χ4n) is 1.93. The van der Waals surface area contributed by atoms with E-state index in [-0.39, 0.29) is 5.69 Å². The molecular formula is C14H17N5OS. The standard InChI is InChI=1S/C14H17N5OS/c1-2-8-19-12(20)17-18-13(19)21-10-14(16,9-15)11-6-4-3-5-7-11/h3-7H,2,8,10,16H2,1H3,(H,17,20). The van der Waals surface area contributed by atoms with Crippen LogP contribution in [0, 0.1) is 11.3 Å². The molecule has 1 unspecified atom stereocenters. The van der Waals surface area contributed by atoms with Crippen LogP contribution in [0.2, 0.25) is 0 Å². The molecule has 2 aromatic rings. The van der Waals surface area contributed by atoms with E-state index in [0.29, 0.717) is 17.5 Å². The lowest BCUT2D eigenvalue weighted by atomic mass is 9.95. The largest absolute Gasteiger partial charge is 0.343 e. The predicted molar refractivity (Wildman–Crippen MR) is 81.8 cm³/mol. The van der Waals surface area contributed by atoms with E-state index in [1.807, 2.05) is 37.3 Å². The van der Waals surface area contributed by atoms with Crippen LogP contribution in [0.4, 0.5) is 0 Å². The van der Waals surface area contributed by atoms with Gasteiger partial charge in [-0.2, -0.15) is 5.26 Å². The second-order valence-corrected chi connectivity index (χ2v) is 5.64. The Morgan fingerprint density at radius 1 is 1.48 bits per heavy atom. The summed E-state index contributed by atoms with van der Waals surface area (Å²) in [6, 6.07) is 11.4. The fraction of sp³-hybridized carbons (Fsp3) is 0.357. The first-order chi connectivity index (χ1) is 10.1. The molecule has 0 bridgehead atoms. The van der Waals surface area contributed by atoms with Gasteiger partial charge in [-0.05, 0) is 12.0 Å². The highest BCUT2D eigenvalue weighted by atomic mass is 32.2. The molecule has 3 N–H and O–H groups in total. The second kappa shape index (κ2) is 6.61. The van der Waals surface area contributed by atoms with Crippen molar-refractivity contribution in [2.24, 2.45) is 5.73 Å². The number of aromatic amines is 1. The number of thioether (sulfide) groups is 1. The van der Waals surface area contributed by atoms with Crippen molar-refractivity contribution in [2.45, 2.75) is 30.6 Å². The molecule has 0 saturated carbocycles. The Morgan fingerprint density at radius 3 is 2.81 bits per heavy atom. The molecule has 1 aromatic carbocycles. The molecule has 0 radical (unpaired) electrons. The van der Waals surface area contributed by atoms with Gasteiger partial charge in [0.1, 0.15) is 5.54 Å². The second-order valence-electron chi connectivity index (χ2n) is 4.70. The van der Waals surface area contributed by atoms with Crippen molar-refractivity contribution in [2.75, 3.05) is 5.75 Å². The lowest BCUT2D eigenvalue weighted by Crippen LogP contribution is -2.37. The van der Waals surface area contributed by atoms with E-state index in [1.165, 1.54) is 11.8 Å². The third-order valence-electron chi connectivity index (χ3n) is 3.09. The van der Waals surface area contributed by atoms with Crippen LogP contribution in [0.5, 0.6) is 0 Å². The Balaban J connectivity index is 2.18. The van der Waals surface area contributed by atoms with Gasteiger partial charge in [0.25, 0.3) is 0 Å². The predicted octanol–water partition coefficient (Wildman–Crippen LogP) is 1.45. The maximum absolute atomic E-state index is 11.6. The highest BCUT2D eigenvalue weighted by Crippen LogP contribution is 2.26. The Morgan fingerprint density at radius 2 is 2.19 bits per heavy atom. The van der Waals surface area contributed by atoms with Crippen molar-refractivity contribution in [3.8, 4) is 6.07 Å². The average Bonchev–Trinajstić information content (AvgIpc) is 2.87. The van der Waals surface area contributed by atoms with Crippen molar-refractivity contribution in [3.63, 3.8) is 0 Å². The van der Waals surface area contributed by atoms with Gasteiger partial charge in [-0.15, -0.1) is 5.10 Å². The summed E-state index contributed by atoms with van der Waals surface area (Å²) in [5.74, 6) is 0.321. The first-order valence-corrected chi connectivity index (χ1v) is 7.63. The fourth-order valence-corrected chi connectivity index (χ4v) is 2.96. The molecule has 1 heterocycles. The maximum atomic E-state index is 11.6. The molecule has 0 amide bonds. The molecule has 0 spiro atoms. The number of nitriles is 1. The van der Waals surface area contributed by atoms with Crippen molar-refractivity contribution >= 4 is 11.8 Å². The van der Waals surface area contributed by atoms with Gasteiger partial charge in [0, 0.05) is 12.3 Å². The molecule has 21 heavy (non-hydrogen) atoms. The van der Waals surface area contributed by atoms with Crippen molar-refractivity contribution in [3.05, 3.63) is 46.4 Å². The summed E-state index contributed by atoms with van der Waals surface area (Å²) in [5.41, 5.74) is 5.59. The minimum atomic E-state index is -1.11. The summed E-state index contributed by atoms with van der Waals surface area (Å²) in [5, 5.41) is 16.4. The summed E-state index contributed by atoms with van der Waals surface area (Å²) >= 11 is 1.31. The summed E-state index contributed by atoms with van der Waals surface area (Å²) in [4.78, 5) is 11.6. The van der Waals surface area contributed by atoms with Gasteiger partial charge in [0.05, 0.1) is 6.07 Å². The average molecular weight is 303 g/mol. The molecule has 7 heteroatoms. The third-order valence-corrected chi connectivity index (χ3v) is 4.26. The normalized spacial score (nSPS) is 13.6. The van der Waals surface area contributed by atoms with Gasteiger partial charge in [-0.1, -0.05) is 49.0 Å². The summed E-state index contributed by atoms with van der Waals surface area (Å²) in [6.07, 6.45) is 0.831. The van der Waals surface area contributed by atoms with E-state index in [9.17, 15) is 10.1 Å². The van der Waals surface area contributed by atoms with Crippen LogP contribution in [0.1, 0.15) is 18.9 Å². The van der Waals surface area contributed by atoms with Gasteiger partial charge < -0.3 is 5.73 Å². The molecular weight excluding hydrogens is 286 g/mol. The van der Waals surface area contributed by atoms with Gasteiger partial charge >= 0.3 is 5.69 Å². The Hall–Kier alpha value is -2.04. The van der Waals surface area contributed by atoms with Crippen LogP contribution in [0.15, 0.2) is 40.3 Å². The highest BCUT2D eigenvalue weighted by Gasteiger charge is 2.28. The number of hydrogen-bond acceptors (Lipinski definition) is 5. The lowest BCUT2D eigenvalue weighted by molar-refractivity contribution is 0.600. The van der Waals surface area contributed by atoms with Crippen LogP contribution in [0.3, 0.4) is 0 Å². The lowest BCUT2D eigenvalue weighted by Gasteiger charge is -2.21. The maximum Gasteiger partial charge on any atom is 0.343 e. The molecule has 0 aliphatic carbocycles. The minimum absolute atomic E-state index is 0.237. The number of rotatable bonds is 6. The number of nitrogens with zero attached hydrogens (tertiary/aromatic N) is 3. The SMILES string of the molecule is CCCn1c(SCC(N)(C#N)c2ccccc2)n[nH]c1=O.